The Morgan fingerprint density at radius 1 is 1.54 bits per heavy atom. The topological polar surface area (TPSA) is 20.2 Å². The molecule has 0 heterocycles. The SMILES string of the molecule is CSCC(O)Cc1cccc(Br)c1. The Hall–Kier alpha value is 0.01000. The molecule has 13 heavy (non-hydrogen) atoms. The lowest BCUT2D eigenvalue weighted by Gasteiger charge is -2.08. The molecule has 3 heteroatoms. The molecule has 0 amide bonds. The molecule has 1 unspecified atom stereocenters. The fraction of sp³-hybridized carbons (Fsp3) is 0.400. The van der Waals surface area contributed by atoms with Gasteiger partial charge in [-0.1, -0.05) is 28.1 Å². The minimum Gasteiger partial charge on any atom is -0.392 e. The summed E-state index contributed by atoms with van der Waals surface area (Å²) in [6.45, 7) is 0. The molecule has 1 aromatic rings. The highest BCUT2D eigenvalue weighted by atomic mass is 79.9. The van der Waals surface area contributed by atoms with Crippen molar-refractivity contribution in [3.05, 3.63) is 34.3 Å². The first kappa shape index (κ1) is 11.1. The Balaban J connectivity index is 2.53. The summed E-state index contributed by atoms with van der Waals surface area (Å²) in [5, 5.41) is 9.56. The number of hydrogen-bond acceptors (Lipinski definition) is 2. The van der Waals surface area contributed by atoms with Gasteiger partial charge in [-0.25, -0.2) is 0 Å². The van der Waals surface area contributed by atoms with Crippen molar-refractivity contribution in [2.24, 2.45) is 0 Å². The van der Waals surface area contributed by atoms with Gasteiger partial charge < -0.3 is 5.11 Å². The van der Waals surface area contributed by atoms with E-state index in [1.807, 2.05) is 30.5 Å². The van der Waals surface area contributed by atoms with Gasteiger partial charge in [-0.15, -0.1) is 0 Å². The van der Waals surface area contributed by atoms with Gasteiger partial charge in [0.1, 0.15) is 0 Å². The van der Waals surface area contributed by atoms with Gasteiger partial charge in [-0.3, -0.25) is 0 Å². The maximum absolute atomic E-state index is 9.56. The van der Waals surface area contributed by atoms with Gasteiger partial charge >= 0.3 is 0 Å². The van der Waals surface area contributed by atoms with Crippen molar-refractivity contribution < 1.29 is 5.11 Å². The van der Waals surface area contributed by atoms with E-state index in [1.165, 1.54) is 5.56 Å². The highest BCUT2D eigenvalue weighted by Crippen LogP contribution is 2.13. The zero-order valence-electron chi connectivity index (χ0n) is 7.53. The minimum absolute atomic E-state index is 0.232. The standard InChI is InChI=1S/C10H13BrOS/c1-13-7-10(12)6-8-3-2-4-9(11)5-8/h2-5,10,12H,6-7H2,1H3. The molecule has 0 aromatic heterocycles. The third-order valence-corrected chi connectivity index (χ3v) is 2.93. The van der Waals surface area contributed by atoms with E-state index in [1.54, 1.807) is 11.8 Å². The maximum atomic E-state index is 9.56. The largest absolute Gasteiger partial charge is 0.392 e. The van der Waals surface area contributed by atoms with Crippen LogP contribution in [0.25, 0.3) is 0 Å². The molecule has 0 fully saturated rings. The first-order chi connectivity index (χ1) is 6.22. The van der Waals surface area contributed by atoms with Crippen LogP contribution in [0.2, 0.25) is 0 Å². The number of halogens is 1. The Bertz CT molecular complexity index is 265. The predicted octanol–water partition coefficient (Wildman–Crippen LogP) is 2.72. The summed E-state index contributed by atoms with van der Waals surface area (Å²) in [6, 6.07) is 8.06. The molecule has 1 atom stereocenters. The molecule has 0 radical (unpaired) electrons. The Morgan fingerprint density at radius 3 is 2.92 bits per heavy atom. The van der Waals surface area contributed by atoms with E-state index in [0.29, 0.717) is 0 Å². The molecular formula is C10H13BrOS. The summed E-state index contributed by atoms with van der Waals surface area (Å²) in [7, 11) is 0. The van der Waals surface area contributed by atoms with Crippen LogP contribution in [0.1, 0.15) is 5.56 Å². The molecule has 0 aliphatic carbocycles. The quantitative estimate of drug-likeness (QED) is 0.899. The van der Waals surface area contributed by atoms with Gasteiger partial charge in [-0.2, -0.15) is 11.8 Å². The lowest BCUT2D eigenvalue weighted by atomic mass is 10.1. The second kappa shape index (κ2) is 5.68. The summed E-state index contributed by atoms with van der Waals surface area (Å²) in [5.74, 6) is 0.798. The third kappa shape index (κ3) is 4.16. The van der Waals surface area contributed by atoms with E-state index < -0.39 is 0 Å². The van der Waals surface area contributed by atoms with Gasteiger partial charge in [0.05, 0.1) is 6.10 Å². The molecule has 0 spiro atoms. The molecule has 72 valence electrons. The molecule has 0 saturated carbocycles. The van der Waals surface area contributed by atoms with Crippen molar-refractivity contribution in [2.75, 3.05) is 12.0 Å². The molecule has 0 aliphatic rings. The summed E-state index contributed by atoms with van der Waals surface area (Å²) >= 11 is 5.08. The van der Waals surface area contributed by atoms with Gasteiger partial charge in [0.15, 0.2) is 0 Å². The lowest BCUT2D eigenvalue weighted by molar-refractivity contribution is 0.200. The fourth-order valence-corrected chi connectivity index (χ4v) is 2.14. The average Bonchev–Trinajstić information content (AvgIpc) is 2.04. The summed E-state index contributed by atoms with van der Waals surface area (Å²) in [4.78, 5) is 0. The molecule has 1 N–H and O–H groups in total. The second-order valence-electron chi connectivity index (χ2n) is 2.94. The number of thioether (sulfide) groups is 1. The van der Waals surface area contributed by atoms with Crippen LogP contribution in [0.5, 0.6) is 0 Å². The first-order valence-corrected chi connectivity index (χ1v) is 6.32. The van der Waals surface area contributed by atoms with Crippen LogP contribution < -0.4 is 0 Å². The normalized spacial score (nSPS) is 12.8. The van der Waals surface area contributed by atoms with Gasteiger partial charge in [-0.05, 0) is 30.4 Å². The van der Waals surface area contributed by atoms with E-state index in [-0.39, 0.29) is 6.10 Å². The van der Waals surface area contributed by atoms with Gasteiger partial charge in [0.25, 0.3) is 0 Å². The fourth-order valence-electron chi connectivity index (χ4n) is 1.19. The van der Waals surface area contributed by atoms with Crippen molar-refractivity contribution in [1.82, 2.24) is 0 Å². The summed E-state index contributed by atoms with van der Waals surface area (Å²) in [5.41, 5.74) is 1.18. The van der Waals surface area contributed by atoms with E-state index in [4.69, 9.17) is 0 Å². The number of benzene rings is 1. The second-order valence-corrected chi connectivity index (χ2v) is 4.77. The van der Waals surface area contributed by atoms with E-state index in [9.17, 15) is 5.11 Å². The zero-order chi connectivity index (χ0) is 9.68. The van der Waals surface area contributed by atoms with Crippen molar-refractivity contribution in [3.63, 3.8) is 0 Å². The van der Waals surface area contributed by atoms with Crippen LogP contribution in [-0.4, -0.2) is 23.2 Å². The highest BCUT2D eigenvalue weighted by Gasteiger charge is 2.04. The molecule has 0 saturated heterocycles. The number of hydrogen-bond donors (Lipinski definition) is 1. The summed E-state index contributed by atoms with van der Waals surface area (Å²) in [6.07, 6.45) is 2.51. The summed E-state index contributed by atoms with van der Waals surface area (Å²) < 4.78 is 1.07. The number of aliphatic hydroxyl groups excluding tert-OH is 1. The monoisotopic (exact) mass is 260 g/mol. The Morgan fingerprint density at radius 2 is 2.31 bits per heavy atom. The van der Waals surface area contributed by atoms with Crippen molar-refractivity contribution in [1.29, 1.82) is 0 Å². The Labute approximate surface area is 91.7 Å². The molecular weight excluding hydrogens is 248 g/mol. The predicted molar refractivity (Wildman–Crippen MR) is 62.2 cm³/mol. The van der Waals surface area contributed by atoms with Gasteiger partial charge in [0, 0.05) is 10.2 Å². The van der Waals surface area contributed by atoms with Crippen LogP contribution in [0.4, 0.5) is 0 Å². The highest BCUT2D eigenvalue weighted by molar-refractivity contribution is 9.10. The third-order valence-electron chi connectivity index (χ3n) is 1.72. The van der Waals surface area contributed by atoms with Crippen LogP contribution >= 0.6 is 27.7 Å². The van der Waals surface area contributed by atoms with Crippen molar-refractivity contribution in [2.45, 2.75) is 12.5 Å². The zero-order valence-corrected chi connectivity index (χ0v) is 9.94. The number of aliphatic hydroxyl groups is 1. The Kier molecular flexibility index (Phi) is 4.84. The number of rotatable bonds is 4. The molecule has 1 nitrogen and oxygen atoms in total. The van der Waals surface area contributed by atoms with Crippen molar-refractivity contribution in [3.8, 4) is 0 Å². The van der Waals surface area contributed by atoms with E-state index >= 15 is 0 Å². The molecule has 0 aliphatic heterocycles. The average molecular weight is 261 g/mol. The molecule has 1 rings (SSSR count). The van der Waals surface area contributed by atoms with Gasteiger partial charge in [0.2, 0.25) is 0 Å². The lowest BCUT2D eigenvalue weighted by Crippen LogP contribution is -2.13. The molecule has 1 aromatic carbocycles. The molecule has 0 bridgehead atoms. The maximum Gasteiger partial charge on any atom is 0.0670 e. The van der Waals surface area contributed by atoms with Crippen LogP contribution in [-0.2, 0) is 6.42 Å². The smallest absolute Gasteiger partial charge is 0.0670 e. The van der Waals surface area contributed by atoms with Crippen molar-refractivity contribution >= 4 is 27.7 Å². The minimum atomic E-state index is -0.232. The van der Waals surface area contributed by atoms with E-state index in [0.717, 1.165) is 16.6 Å². The van der Waals surface area contributed by atoms with Crippen LogP contribution in [0, 0.1) is 0 Å². The van der Waals surface area contributed by atoms with E-state index in [2.05, 4.69) is 15.9 Å². The van der Waals surface area contributed by atoms with Crippen LogP contribution in [0.3, 0.4) is 0 Å². The van der Waals surface area contributed by atoms with Crippen LogP contribution in [0.15, 0.2) is 28.7 Å². The first-order valence-electron chi connectivity index (χ1n) is 4.14.